The van der Waals surface area contributed by atoms with Crippen LogP contribution in [0.15, 0.2) is 21.9 Å². The highest BCUT2D eigenvalue weighted by atomic mass is 35.5. The lowest BCUT2D eigenvalue weighted by molar-refractivity contribution is -0.120. The molecule has 2 amide bonds. The summed E-state index contributed by atoms with van der Waals surface area (Å²) in [6.07, 6.45) is 1.92. The largest absolute Gasteiger partial charge is 0.458 e. The van der Waals surface area contributed by atoms with E-state index < -0.39 is 0 Å². The van der Waals surface area contributed by atoms with Crippen LogP contribution in [-0.2, 0) is 16.1 Å². The molecule has 1 unspecified atom stereocenters. The molecule has 1 saturated heterocycles. The number of rotatable bonds is 5. The van der Waals surface area contributed by atoms with Gasteiger partial charge >= 0.3 is 0 Å². The first-order valence-corrected chi connectivity index (χ1v) is 8.80. The first kappa shape index (κ1) is 19.4. The molecule has 136 valence electrons. The van der Waals surface area contributed by atoms with E-state index in [4.69, 9.17) is 4.42 Å². The molecule has 3 heterocycles. The van der Waals surface area contributed by atoms with E-state index in [1.165, 1.54) is 18.3 Å². The number of aromatic nitrogens is 1. The highest BCUT2D eigenvalue weighted by Crippen LogP contribution is 2.27. The van der Waals surface area contributed by atoms with Crippen molar-refractivity contribution in [2.75, 3.05) is 18.4 Å². The van der Waals surface area contributed by atoms with Gasteiger partial charge in [0.25, 0.3) is 0 Å². The number of carbonyl (C=O) groups is 2. The summed E-state index contributed by atoms with van der Waals surface area (Å²) in [6, 6.07) is 3.61. The van der Waals surface area contributed by atoms with Gasteiger partial charge in [-0.3, -0.25) is 9.59 Å². The van der Waals surface area contributed by atoms with Crippen LogP contribution < -0.4 is 16.0 Å². The van der Waals surface area contributed by atoms with Crippen molar-refractivity contribution in [1.29, 1.82) is 0 Å². The van der Waals surface area contributed by atoms with Gasteiger partial charge in [0.1, 0.15) is 11.5 Å². The van der Waals surface area contributed by atoms with Crippen molar-refractivity contribution in [3.63, 3.8) is 0 Å². The molecule has 3 rings (SSSR count). The Bertz CT molecular complexity index is 725. The Morgan fingerprint density at radius 3 is 3.00 bits per heavy atom. The summed E-state index contributed by atoms with van der Waals surface area (Å²) in [7, 11) is 0. The Hall–Kier alpha value is -1.90. The quantitative estimate of drug-likeness (QED) is 0.735. The van der Waals surface area contributed by atoms with E-state index in [1.807, 2.05) is 11.4 Å². The molecule has 2 aromatic heterocycles. The van der Waals surface area contributed by atoms with Crippen molar-refractivity contribution >= 4 is 40.7 Å². The van der Waals surface area contributed by atoms with Crippen LogP contribution in [0, 0.1) is 5.92 Å². The molecule has 2 aromatic rings. The van der Waals surface area contributed by atoms with Crippen LogP contribution in [0.1, 0.15) is 25.5 Å². The third kappa shape index (κ3) is 5.29. The van der Waals surface area contributed by atoms with Crippen molar-refractivity contribution in [1.82, 2.24) is 15.6 Å². The third-order valence-electron chi connectivity index (χ3n) is 3.83. The number of nitrogens with zero attached hydrogens (tertiary/aromatic N) is 1. The van der Waals surface area contributed by atoms with Gasteiger partial charge in [0.15, 0.2) is 10.9 Å². The van der Waals surface area contributed by atoms with Gasteiger partial charge in [0.2, 0.25) is 11.8 Å². The third-order valence-corrected chi connectivity index (χ3v) is 4.59. The number of furan rings is 1. The van der Waals surface area contributed by atoms with Crippen molar-refractivity contribution in [3.05, 3.63) is 23.3 Å². The minimum Gasteiger partial charge on any atom is -0.458 e. The maximum absolute atomic E-state index is 12.2. The zero-order chi connectivity index (χ0) is 16.9. The van der Waals surface area contributed by atoms with E-state index in [9.17, 15) is 9.59 Å². The zero-order valence-electron chi connectivity index (χ0n) is 13.8. The van der Waals surface area contributed by atoms with E-state index in [2.05, 4.69) is 20.9 Å². The number of halogens is 1. The zero-order valence-corrected chi connectivity index (χ0v) is 15.5. The number of carbonyl (C=O) groups excluding carboxylic acids is 2. The van der Waals surface area contributed by atoms with E-state index in [0.717, 1.165) is 25.9 Å². The molecule has 9 heteroatoms. The molecule has 0 saturated carbocycles. The molecule has 25 heavy (non-hydrogen) atoms. The lowest BCUT2D eigenvalue weighted by Crippen LogP contribution is -2.37. The van der Waals surface area contributed by atoms with Crippen molar-refractivity contribution in [2.45, 2.75) is 26.3 Å². The van der Waals surface area contributed by atoms with Crippen LogP contribution in [0.2, 0.25) is 0 Å². The first-order chi connectivity index (χ1) is 11.6. The van der Waals surface area contributed by atoms with Crippen LogP contribution in [0.25, 0.3) is 11.5 Å². The molecule has 1 atom stereocenters. The molecule has 1 aliphatic heterocycles. The number of hydrogen-bond donors (Lipinski definition) is 3. The lowest BCUT2D eigenvalue weighted by Gasteiger charge is -2.21. The second-order valence-electron chi connectivity index (χ2n) is 5.75. The smallest absolute Gasteiger partial charge is 0.230 e. The molecular weight excluding hydrogens is 364 g/mol. The van der Waals surface area contributed by atoms with Crippen molar-refractivity contribution in [2.24, 2.45) is 5.92 Å². The topological polar surface area (TPSA) is 96.3 Å². The summed E-state index contributed by atoms with van der Waals surface area (Å²) in [5.74, 6) is 1.18. The van der Waals surface area contributed by atoms with E-state index in [1.54, 1.807) is 6.07 Å². The van der Waals surface area contributed by atoms with Crippen molar-refractivity contribution in [3.8, 4) is 11.5 Å². The number of hydrogen-bond acceptors (Lipinski definition) is 6. The average Bonchev–Trinajstić information content (AvgIpc) is 3.22. The van der Waals surface area contributed by atoms with Crippen LogP contribution in [-0.4, -0.2) is 29.9 Å². The fourth-order valence-corrected chi connectivity index (χ4v) is 3.25. The summed E-state index contributed by atoms with van der Waals surface area (Å²) in [6.45, 7) is 3.50. The minimum atomic E-state index is -0.108. The number of thiazole rings is 1. The fraction of sp³-hybridized carbons (Fsp3) is 0.438. The normalized spacial score (nSPS) is 16.8. The fourth-order valence-electron chi connectivity index (χ4n) is 2.55. The van der Waals surface area contributed by atoms with E-state index in [0.29, 0.717) is 28.9 Å². The SMILES string of the molecule is CC(=O)NCc1ccc(-c2csc(NC(=O)C3CCCNC3)n2)o1.Cl. The monoisotopic (exact) mass is 384 g/mol. The number of anilines is 1. The first-order valence-electron chi connectivity index (χ1n) is 7.92. The van der Waals surface area contributed by atoms with E-state index >= 15 is 0 Å². The summed E-state index contributed by atoms with van der Waals surface area (Å²) in [4.78, 5) is 27.5. The van der Waals surface area contributed by atoms with Gasteiger partial charge in [-0.25, -0.2) is 4.98 Å². The van der Waals surface area contributed by atoms with Gasteiger partial charge in [-0.15, -0.1) is 23.7 Å². The number of piperidine rings is 1. The van der Waals surface area contributed by atoms with Crippen LogP contribution in [0.5, 0.6) is 0 Å². The van der Waals surface area contributed by atoms with Gasteiger partial charge in [-0.2, -0.15) is 0 Å². The maximum atomic E-state index is 12.2. The summed E-state index contributed by atoms with van der Waals surface area (Å²) < 4.78 is 5.66. The summed E-state index contributed by atoms with van der Waals surface area (Å²) in [5.41, 5.74) is 0.672. The molecule has 7 nitrogen and oxygen atoms in total. The van der Waals surface area contributed by atoms with Crippen LogP contribution >= 0.6 is 23.7 Å². The van der Waals surface area contributed by atoms with Gasteiger partial charge in [0, 0.05) is 18.8 Å². The minimum absolute atomic E-state index is 0. The predicted molar refractivity (Wildman–Crippen MR) is 98.8 cm³/mol. The summed E-state index contributed by atoms with van der Waals surface area (Å²) in [5, 5.41) is 11.2. The average molecular weight is 385 g/mol. The Morgan fingerprint density at radius 1 is 1.44 bits per heavy atom. The molecule has 3 N–H and O–H groups in total. The molecule has 0 aromatic carbocycles. The number of amides is 2. The Balaban J connectivity index is 0.00000225. The Kier molecular flexibility index (Phi) is 6.98. The Labute approximate surface area is 156 Å². The van der Waals surface area contributed by atoms with Crippen LogP contribution in [0.4, 0.5) is 5.13 Å². The molecule has 0 radical (unpaired) electrons. The second kappa shape index (κ2) is 8.98. The second-order valence-corrected chi connectivity index (χ2v) is 6.60. The van der Waals surface area contributed by atoms with E-state index in [-0.39, 0.29) is 30.1 Å². The van der Waals surface area contributed by atoms with Crippen LogP contribution in [0.3, 0.4) is 0 Å². The molecular formula is C16H21ClN4O3S. The lowest BCUT2D eigenvalue weighted by atomic mass is 9.99. The van der Waals surface area contributed by atoms with Gasteiger partial charge < -0.3 is 20.4 Å². The highest BCUT2D eigenvalue weighted by Gasteiger charge is 2.22. The summed E-state index contributed by atoms with van der Waals surface area (Å²) >= 11 is 1.37. The molecule has 1 aliphatic rings. The van der Waals surface area contributed by atoms with Gasteiger partial charge in [-0.05, 0) is 31.5 Å². The molecule has 0 bridgehead atoms. The highest BCUT2D eigenvalue weighted by molar-refractivity contribution is 7.14. The van der Waals surface area contributed by atoms with Gasteiger partial charge in [-0.1, -0.05) is 0 Å². The Morgan fingerprint density at radius 2 is 2.28 bits per heavy atom. The predicted octanol–water partition coefficient (Wildman–Crippen LogP) is 2.40. The van der Waals surface area contributed by atoms with Crippen molar-refractivity contribution < 1.29 is 14.0 Å². The van der Waals surface area contributed by atoms with Gasteiger partial charge in [0.05, 0.1) is 12.5 Å². The maximum Gasteiger partial charge on any atom is 0.230 e. The molecule has 1 fully saturated rings. The molecule has 0 spiro atoms. The molecule has 0 aliphatic carbocycles. The standard InChI is InChI=1S/C16H20N4O3S.ClH/c1-10(21)18-8-12-4-5-14(23-12)13-9-24-16(19-13)20-15(22)11-3-2-6-17-7-11;/h4-5,9,11,17H,2-3,6-8H2,1H3,(H,18,21)(H,19,20,22);1H. The number of nitrogens with one attached hydrogen (secondary N) is 3.